The first-order chi connectivity index (χ1) is 16.5. The average molecular weight is 476 g/mol. The van der Waals surface area contributed by atoms with Gasteiger partial charge in [0, 0.05) is 27.4 Å². The van der Waals surface area contributed by atoms with Crippen LogP contribution in [0.2, 0.25) is 5.02 Å². The molecular weight excluding hydrogens is 442 g/mol. The Bertz CT molecular complexity index is 1250. The molecule has 0 aliphatic heterocycles. The number of aromatic nitrogens is 1. The number of methoxy groups -OCH3 is 1. The Morgan fingerprint density at radius 2 is 1.76 bits per heavy atom. The average Bonchev–Trinajstić information content (AvgIpc) is 2.86. The molecule has 0 fully saturated rings. The van der Waals surface area contributed by atoms with Crippen LogP contribution in [0.3, 0.4) is 0 Å². The van der Waals surface area contributed by atoms with Crippen LogP contribution in [0.1, 0.15) is 33.6 Å². The SMILES string of the molecule is CCN(CC)CCCC(C)Nc1c2ccc(Cl)cc2nc2c(-c3ccccc3)cc(OC)cc12. The van der Waals surface area contributed by atoms with E-state index in [2.05, 4.69) is 73.5 Å². The van der Waals surface area contributed by atoms with Crippen LogP contribution in [-0.4, -0.2) is 42.7 Å². The normalized spacial score (nSPS) is 12.4. The Kier molecular flexibility index (Phi) is 7.91. The second kappa shape index (κ2) is 11.1. The quantitative estimate of drug-likeness (QED) is 0.239. The molecule has 3 aromatic carbocycles. The molecule has 34 heavy (non-hydrogen) atoms. The Hall–Kier alpha value is -2.82. The van der Waals surface area contributed by atoms with Gasteiger partial charge in [-0.3, -0.25) is 0 Å². The highest BCUT2D eigenvalue weighted by Crippen LogP contribution is 2.39. The molecule has 0 aliphatic rings. The number of hydrogen-bond acceptors (Lipinski definition) is 4. The van der Waals surface area contributed by atoms with E-state index in [1.807, 2.05) is 18.2 Å². The lowest BCUT2D eigenvalue weighted by atomic mass is 9.98. The number of halogens is 1. The summed E-state index contributed by atoms with van der Waals surface area (Å²) in [5.74, 6) is 0.818. The standard InChI is InChI=1S/C29H34ClN3O/c1-5-33(6-2)16-10-11-20(3)31-28-24-15-14-22(30)17-27(24)32-29-25(21-12-8-7-9-13-21)18-23(34-4)19-26(28)29/h7-9,12-15,17-20H,5-6,10-11,16H2,1-4H3,(H,31,32). The molecule has 1 aromatic heterocycles. The van der Waals surface area contributed by atoms with E-state index in [0.29, 0.717) is 11.1 Å². The number of hydrogen-bond donors (Lipinski definition) is 1. The van der Waals surface area contributed by atoms with E-state index in [-0.39, 0.29) is 0 Å². The van der Waals surface area contributed by atoms with E-state index < -0.39 is 0 Å². The summed E-state index contributed by atoms with van der Waals surface area (Å²) in [6.07, 6.45) is 2.24. The van der Waals surface area contributed by atoms with Crippen molar-refractivity contribution < 1.29 is 4.74 Å². The van der Waals surface area contributed by atoms with Crippen molar-refractivity contribution in [3.8, 4) is 16.9 Å². The van der Waals surface area contributed by atoms with Crippen LogP contribution in [0.15, 0.2) is 60.7 Å². The fraction of sp³-hybridized carbons (Fsp3) is 0.345. The summed E-state index contributed by atoms with van der Waals surface area (Å²) < 4.78 is 5.71. The van der Waals surface area contributed by atoms with Crippen molar-refractivity contribution in [1.29, 1.82) is 0 Å². The highest BCUT2D eigenvalue weighted by atomic mass is 35.5. The summed E-state index contributed by atoms with van der Waals surface area (Å²) in [6.45, 7) is 10.0. The molecule has 4 aromatic rings. The van der Waals surface area contributed by atoms with Gasteiger partial charge in [0.05, 0.1) is 23.8 Å². The largest absolute Gasteiger partial charge is 0.497 e. The topological polar surface area (TPSA) is 37.4 Å². The van der Waals surface area contributed by atoms with Crippen LogP contribution in [0.4, 0.5) is 5.69 Å². The predicted molar refractivity (Wildman–Crippen MR) is 146 cm³/mol. The van der Waals surface area contributed by atoms with Gasteiger partial charge >= 0.3 is 0 Å². The summed E-state index contributed by atoms with van der Waals surface area (Å²) >= 11 is 6.37. The van der Waals surface area contributed by atoms with Gasteiger partial charge in [-0.25, -0.2) is 4.98 Å². The van der Waals surface area contributed by atoms with Crippen molar-refractivity contribution in [2.45, 2.75) is 39.7 Å². The summed E-state index contributed by atoms with van der Waals surface area (Å²) in [5.41, 5.74) is 5.08. The zero-order chi connectivity index (χ0) is 24.1. The maximum absolute atomic E-state index is 6.37. The van der Waals surface area contributed by atoms with Crippen molar-refractivity contribution in [2.24, 2.45) is 0 Å². The van der Waals surface area contributed by atoms with E-state index in [0.717, 1.165) is 76.8 Å². The molecule has 4 rings (SSSR count). The van der Waals surface area contributed by atoms with Gasteiger partial charge in [0.15, 0.2) is 0 Å². The van der Waals surface area contributed by atoms with Gasteiger partial charge in [0.2, 0.25) is 0 Å². The van der Waals surface area contributed by atoms with Crippen LogP contribution >= 0.6 is 11.6 Å². The van der Waals surface area contributed by atoms with Crippen LogP contribution in [0, 0.1) is 0 Å². The number of benzene rings is 3. The fourth-order valence-electron chi connectivity index (χ4n) is 4.58. The highest BCUT2D eigenvalue weighted by Gasteiger charge is 2.17. The monoisotopic (exact) mass is 475 g/mol. The predicted octanol–water partition coefficient (Wildman–Crippen LogP) is 7.64. The molecule has 1 N–H and O–H groups in total. The van der Waals surface area contributed by atoms with Crippen LogP contribution < -0.4 is 10.1 Å². The van der Waals surface area contributed by atoms with Crippen molar-refractivity contribution in [2.75, 3.05) is 32.1 Å². The summed E-state index contributed by atoms with van der Waals surface area (Å²) in [5, 5.41) is 6.65. The maximum Gasteiger partial charge on any atom is 0.120 e. The number of rotatable bonds is 10. The lowest BCUT2D eigenvalue weighted by molar-refractivity contribution is 0.295. The van der Waals surface area contributed by atoms with Crippen LogP contribution in [0.25, 0.3) is 32.9 Å². The third-order valence-corrected chi connectivity index (χ3v) is 6.77. The number of pyridine rings is 1. The number of ether oxygens (including phenoxy) is 1. The molecule has 5 heteroatoms. The van der Waals surface area contributed by atoms with Gasteiger partial charge in [-0.15, -0.1) is 0 Å². The van der Waals surface area contributed by atoms with Crippen molar-refractivity contribution in [1.82, 2.24) is 9.88 Å². The van der Waals surface area contributed by atoms with Gasteiger partial charge in [-0.2, -0.15) is 0 Å². The number of anilines is 1. The Morgan fingerprint density at radius 1 is 1.00 bits per heavy atom. The van der Waals surface area contributed by atoms with Gasteiger partial charge in [-0.05, 0) is 75.3 Å². The second-order valence-electron chi connectivity index (χ2n) is 8.80. The molecule has 0 amide bonds. The maximum atomic E-state index is 6.37. The van der Waals surface area contributed by atoms with Crippen molar-refractivity contribution >= 4 is 39.1 Å². The molecule has 178 valence electrons. The minimum atomic E-state index is 0.311. The Morgan fingerprint density at radius 3 is 2.47 bits per heavy atom. The Balaban J connectivity index is 1.81. The summed E-state index contributed by atoms with van der Waals surface area (Å²) in [7, 11) is 1.72. The molecule has 0 saturated heterocycles. The van der Waals surface area contributed by atoms with E-state index in [9.17, 15) is 0 Å². The molecule has 1 heterocycles. The number of nitrogens with one attached hydrogen (secondary N) is 1. The molecule has 4 nitrogen and oxygen atoms in total. The second-order valence-corrected chi connectivity index (χ2v) is 9.24. The molecule has 0 radical (unpaired) electrons. The minimum Gasteiger partial charge on any atom is -0.497 e. The number of fused-ring (bicyclic) bond motifs is 2. The van der Waals surface area contributed by atoms with Crippen LogP contribution in [0.5, 0.6) is 5.75 Å². The first-order valence-corrected chi connectivity index (χ1v) is 12.6. The molecule has 1 atom stereocenters. The van der Waals surface area contributed by atoms with Gasteiger partial charge in [0.1, 0.15) is 5.75 Å². The van der Waals surface area contributed by atoms with Crippen molar-refractivity contribution in [3.05, 3.63) is 65.7 Å². The first-order valence-electron chi connectivity index (χ1n) is 12.2. The first kappa shape index (κ1) is 24.3. The van der Waals surface area contributed by atoms with Crippen molar-refractivity contribution in [3.63, 3.8) is 0 Å². The molecule has 0 bridgehead atoms. The lowest BCUT2D eigenvalue weighted by Crippen LogP contribution is -2.25. The third kappa shape index (κ3) is 5.29. The lowest BCUT2D eigenvalue weighted by Gasteiger charge is -2.22. The van der Waals surface area contributed by atoms with Gasteiger partial charge in [0.25, 0.3) is 0 Å². The zero-order valence-corrected chi connectivity index (χ0v) is 21.3. The summed E-state index contributed by atoms with van der Waals surface area (Å²) in [6, 6.07) is 20.8. The van der Waals surface area contributed by atoms with Crippen LogP contribution in [-0.2, 0) is 0 Å². The van der Waals surface area contributed by atoms with Gasteiger partial charge < -0.3 is 15.0 Å². The number of nitrogens with zero attached hydrogens (tertiary/aromatic N) is 2. The molecule has 0 aliphatic carbocycles. The fourth-order valence-corrected chi connectivity index (χ4v) is 4.75. The molecule has 1 unspecified atom stereocenters. The summed E-state index contributed by atoms with van der Waals surface area (Å²) in [4.78, 5) is 7.55. The van der Waals surface area contributed by atoms with E-state index >= 15 is 0 Å². The molecule has 0 spiro atoms. The van der Waals surface area contributed by atoms with E-state index in [1.54, 1.807) is 7.11 Å². The smallest absolute Gasteiger partial charge is 0.120 e. The minimum absolute atomic E-state index is 0.311. The zero-order valence-electron chi connectivity index (χ0n) is 20.6. The molecule has 0 saturated carbocycles. The third-order valence-electron chi connectivity index (χ3n) is 6.53. The highest BCUT2D eigenvalue weighted by molar-refractivity contribution is 6.31. The van der Waals surface area contributed by atoms with E-state index in [1.165, 1.54) is 0 Å². The Labute approximate surface area is 207 Å². The molecular formula is C29H34ClN3O. The van der Waals surface area contributed by atoms with Gasteiger partial charge in [-0.1, -0.05) is 55.8 Å². The van der Waals surface area contributed by atoms with E-state index in [4.69, 9.17) is 21.3 Å².